The molecule has 0 radical (unpaired) electrons. The van der Waals surface area contributed by atoms with Gasteiger partial charge in [-0.25, -0.2) is 4.39 Å². The van der Waals surface area contributed by atoms with Gasteiger partial charge in [-0.1, -0.05) is 38.1 Å². The first-order valence-electron chi connectivity index (χ1n) is 6.54. The van der Waals surface area contributed by atoms with Gasteiger partial charge < -0.3 is 0 Å². The maximum Gasteiger partial charge on any atom is 0.167 e. The fraction of sp³-hybridized carbons (Fsp3) is 0.235. The molecule has 2 aromatic carbocycles. The predicted molar refractivity (Wildman–Crippen MR) is 82.7 cm³/mol. The highest BCUT2D eigenvalue weighted by Crippen LogP contribution is 2.19. The van der Waals surface area contributed by atoms with Gasteiger partial charge in [-0.3, -0.25) is 4.79 Å². The average molecular weight is 335 g/mol. The Morgan fingerprint density at radius 2 is 1.80 bits per heavy atom. The summed E-state index contributed by atoms with van der Waals surface area (Å²) in [4.78, 5) is 12.2. The molecular formula is C17H16BrFO. The first-order valence-corrected chi connectivity index (χ1v) is 7.33. The van der Waals surface area contributed by atoms with E-state index in [1.54, 1.807) is 0 Å². The topological polar surface area (TPSA) is 17.1 Å². The second-order valence-corrected chi connectivity index (χ2v) is 5.98. The molecule has 0 N–H and O–H groups in total. The molecule has 0 saturated heterocycles. The van der Waals surface area contributed by atoms with Gasteiger partial charge in [0, 0.05) is 12.0 Å². The van der Waals surface area contributed by atoms with Crippen LogP contribution in [-0.2, 0) is 6.42 Å². The second kappa shape index (κ2) is 6.31. The van der Waals surface area contributed by atoms with Gasteiger partial charge in [0.15, 0.2) is 5.78 Å². The minimum atomic E-state index is -0.358. The summed E-state index contributed by atoms with van der Waals surface area (Å²) < 4.78 is 13.5. The van der Waals surface area contributed by atoms with Gasteiger partial charge in [0.2, 0.25) is 0 Å². The highest BCUT2D eigenvalue weighted by molar-refractivity contribution is 9.10. The van der Waals surface area contributed by atoms with E-state index in [9.17, 15) is 9.18 Å². The normalized spacial score (nSPS) is 10.8. The predicted octanol–water partition coefficient (Wildman–Crippen LogP) is 5.14. The first-order chi connectivity index (χ1) is 9.47. The molecule has 20 heavy (non-hydrogen) atoms. The molecule has 0 bridgehead atoms. The van der Waals surface area contributed by atoms with E-state index in [1.807, 2.05) is 24.3 Å². The summed E-state index contributed by atoms with van der Waals surface area (Å²) in [5.74, 6) is 0.110. The molecule has 0 spiro atoms. The molecule has 0 saturated carbocycles. The Kier molecular flexibility index (Phi) is 4.71. The second-order valence-electron chi connectivity index (χ2n) is 5.13. The molecule has 0 aliphatic heterocycles. The highest BCUT2D eigenvalue weighted by Gasteiger charge is 2.10. The van der Waals surface area contributed by atoms with Crippen LogP contribution in [-0.4, -0.2) is 5.78 Å². The lowest BCUT2D eigenvalue weighted by Crippen LogP contribution is -2.04. The van der Waals surface area contributed by atoms with E-state index in [4.69, 9.17) is 0 Å². The summed E-state index contributed by atoms with van der Waals surface area (Å²) in [7, 11) is 0. The van der Waals surface area contributed by atoms with E-state index in [-0.39, 0.29) is 11.6 Å². The van der Waals surface area contributed by atoms with Crippen LogP contribution in [0, 0.1) is 5.82 Å². The third-order valence-corrected chi connectivity index (χ3v) is 3.86. The minimum absolute atomic E-state index is 0.0111. The highest BCUT2D eigenvalue weighted by atomic mass is 79.9. The molecule has 2 rings (SSSR count). The third-order valence-electron chi connectivity index (χ3n) is 3.25. The van der Waals surface area contributed by atoms with Crippen molar-refractivity contribution in [1.29, 1.82) is 0 Å². The van der Waals surface area contributed by atoms with Crippen molar-refractivity contribution in [2.24, 2.45) is 0 Å². The number of carbonyl (C=O) groups is 1. The van der Waals surface area contributed by atoms with E-state index in [1.165, 1.54) is 23.8 Å². The molecule has 104 valence electrons. The Morgan fingerprint density at radius 1 is 1.15 bits per heavy atom. The van der Waals surface area contributed by atoms with Gasteiger partial charge in [-0.15, -0.1) is 0 Å². The Balaban J connectivity index is 2.12. The number of carbonyl (C=O) groups excluding carboxylic acids is 1. The summed E-state index contributed by atoms with van der Waals surface area (Å²) in [5, 5.41) is 0. The zero-order valence-corrected chi connectivity index (χ0v) is 13.1. The number of benzene rings is 2. The molecule has 1 nitrogen and oxygen atoms in total. The van der Waals surface area contributed by atoms with Crippen LogP contribution in [0.3, 0.4) is 0 Å². The van der Waals surface area contributed by atoms with Gasteiger partial charge in [-0.2, -0.15) is 0 Å². The van der Waals surface area contributed by atoms with Crippen LogP contribution < -0.4 is 0 Å². The maximum absolute atomic E-state index is 13.2. The van der Waals surface area contributed by atoms with Crippen LogP contribution in [0.1, 0.15) is 41.3 Å². The van der Waals surface area contributed by atoms with E-state index >= 15 is 0 Å². The van der Waals surface area contributed by atoms with Crippen LogP contribution in [0.4, 0.5) is 4.39 Å². The van der Waals surface area contributed by atoms with Crippen molar-refractivity contribution in [2.45, 2.75) is 26.2 Å². The van der Waals surface area contributed by atoms with Crippen molar-refractivity contribution in [3.8, 4) is 0 Å². The van der Waals surface area contributed by atoms with Gasteiger partial charge in [0.1, 0.15) is 5.82 Å². The summed E-state index contributed by atoms with van der Waals surface area (Å²) >= 11 is 3.10. The average Bonchev–Trinajstić information content (AvgIpc) is 2.42. The summed E-state index contributed by atoms with van der Waals surface area (Å²) in [6, 6.07) is 12.4. The third kappa shape index (κ3) is 3.54. The number of hydrogen-bond acceptors (Lipinski definition) is 1. The zero-order chi connectivity index (χ0) is 14.7. The Hall–Kier alpha value is -1.48. The van der Waals surface area contributed by atoms with Crippen LogP contribution >= 0.6 is 15.9 Å². The zero-order valence-electron chi connectivity index (χ0n) is 11.5. The number of rotatable bonds is 4. The SMILES string of the molecule is CC(C)c1ccc(CC(=O)c2ccc(F)c(Br)c2)cc1. The fourth-order valence-electron chi connectivity index (χ4n) is 1.98. The molecular weight excluding hydrogens is 319 g/mol. The van der Waals surface area contributed by atoms with Crippen LogP contribution in [0.5, 0.6) is 0 Å². The van der Waals surface area contributed by atoms with Crippen LogP contribution in [0.2, 0.25) is 0 Å². The number of Topliss-reactive ketones (excluding diaryl/α,β-unsaturated/α-hetero) is 1. The lowest BCUT2D eigenvalue weighted by atomic mass is 9.98. The fourth-order valence-corrected chi connectivity index (χ4v) is 2.36. The molecule has 2 aromatic rings. The lowest BCUT2D eigenvalue weighted by Gasteiger charge is -2.07. The standard InChI is InChI=1S/C17H16BrFO/c1-11(2)13-5-3-12(4-6-13)9-17(20)14-7-8-16(19)15(18)10-14/h3-8,10-11H,9H2,1-2H3. The van der Waals surface area contributed by atoms with Crippen molar-refractivity contribution in [1.82, 2.24) is 0 Å². The van der Waals surface area contributed by atoms with E-state index < -0.39 is 0 Å². The Labute approximate surface area is 127 Å². The van der Waals surface area contributed by atoms with Crippen molar-refractivity contribution in [2.75, 3.05) is 0 Å². The summed E-state index contributed by atoms with van der Waals surface area (Å²) in [6.45, 7) is 4.27. The van der Waals surface area contributed by atoms with E-state index in [0.29, 0.717) is 22.4 Å². The monoisotopic (exact) mass is 334 g/mol. The van der Waals surface area contributed by atoms with Gasteiger partial charge in [-0.05, 0) is 51.2 Å². The van der Waals surface area contributed by atoms with Crippen LogP contribution in [0.15, 0.2) is 46.9 Å². The van der Waals surface area contributed by atoms with E-state index in [0.717, 1.165) is 5.56 Å². The summed E-state index contributed by atoms with van der Waals surface area (Å²) in [5.41, 5.74) is 2.75. The Morgan fingerprint density at radius 3 is 2.35 bits per heavy atom. The largest absolute Gasteiger partial charge is 0.294 e. The van der Waals surface area contributed by atoms with Crippen molar-refractivity contribution in [3.63, 3.8) is 0 Å². The maximum atomic E-state index is 13.2. The minimum Gasteiger partial charge on any atom is -0.294 e. The molecule has 3 heteroatoms. The van der Waals surface area contributed by atoms with Crippen molar-refractivity contribution in [3.05, 3.63) is 69.4 Å². The smallest absolute Gasteiger partial charge is 0.167 e. The molecule has 0 aromatic heterocycles. The molecule has 0 amide bonds. The number of halogens is 2. The molecule has 0 aliphatic rings. The Bertz CT molecular complexity index is 617. The molecule has 0 heterocycles. The molecule has 0 fully saturated rings. The number of hydrogen-bond donors (Lipinski definition) is 0. The van der Waals surface area contributed by atoms with Gasteiger partial charge in [0.05, 0.1) is 4.47 Å². The summed E-state index contributed by atoms with van der Waals surface area (Å²) in [6.07, 6.45) is 0.330. The first kappa shape index (κ1) is 14.9. The lowest BCUT2D eigenvalue weighted by molar-refractivity contribution is 0.0993. The number of ketones is 1. The van der Waals surface area contributed by atoms with Gasteiger partial charge in [0.25, 0.3) is 0 Å². The van der Waals surface area contributed by atoms with Crippen LogP contribution in [0.25, 0.3) is 0 Å². The van der Waals surface area contributed by atoms with Crippen molar-refractivity contribution >= 4 is 21.7 Å². The van der Waals surface area contributed by atoms with Crippen molar-refractivity contribution < 1.29 is 9.18 Å². The molecule has 0 unspecified atom stereocenters. The quantitative estimate of drug-likeness (QED) is 0.707. The van der Waals surface area contributed by atoms with Gasteiger partial charge >= 0.3 is 0 Å². The molecule has 0 aliphatic carbocycles. The van der Waals surface area contributed by atoms with E-state index in [2.05, 4.69) is 29.8 Å². The molecule has 0 atom stereocenters.